The number of fused-ring (bicyclic) bond motifs is 1. The minimum absolute atomic E-state index is 0.144. The zero-order chi connectivity index (χ0) is 18.0. The standard InChI is InChI=1S/C17H14Cl2N2O3S/c1-9-5-12(15(23-2)7-11(9)19)20-16(22)8-25-17-21-13-6-10(18)3-4-14(13)24-17/h3-7H,8H2,1-2H3,(H,20,22). The van der Waals surface area contributed by atoms with Crippen molar-refractivity contribution in [3.8, 4) is 5.75 Å². The number of halogens is 2. The molecule has 8 heteroatoms. The second kappa shape index (κ2) is 7.56. The monoisotopic (exact) mass is 396 g/mol. The van der Waals surface area contributed by atoms with Crippen LogP contribution in [0.1, 0.15) is 5.56 Å². The second-order valence-corrected chi connectivity index (χ2v) is 7.00. The van der Waals surface area contributed by atoms with E-state index >= 15 is 0 Å². The highest BCUT2D eigenvalue weighted by Crippen LogP contribution is 2.31. The second-order valence-electron chi connectivity index (χ2n) is 5.23. The van der Waals surface area contributed by atoms with Crippen molar-refractivity contribution < 1.29 is 13.9 Å². The maximum Gasteiger partial charge on any atom is 0.257 e. The number of thioether (sulfide) groups is 1. The van der Waals surface area contributed by atoms with Crippen LogP contribution in [0.4, 0.5) is 5.69 Å². The predicted molar refractivity (Wildman–Crippen MR) is 101 cm³/mol. The van der Waals surface area contributed by atoms with Crippen molar-refractivity contribution >= 4 is 57.7 Å². The molecule has 3 rings (SSSR count). The number of benzene rings is 2. The lowest BCUT2D eigenvalue weighted by Gasteiger charge is -2.11. The van der Waals surface area contributed by atoms with Crippen molar-refractivity contribution in [2.75, 3.05) is 18.2 Å². The number of methoxy groups -OCH3 is 1. The molecule has 25 heavy (non-hydrogen) atoms. The average Bonchev–Trinajstić information content (AvgIpc) is 2.98. The fourth-order valence-corrected chi connectivity index (χ4v) is 3.14. The minimum atomic E-state index is -0.203. The first kappa shape index (κ1) is 17.9. The van der Waals surface area contributed by atoms with Crippen LogP contribution in [0.25, 0.3) is 11.1 Å². The van der Waals surface area contributed by atoms with Gasteiger partial charge in [0.25, 0.3) is 5.22 Å². The molecule has 1 N–H and O–H groups in total. The van der Waals surface area contributed by atoms with Crippen molar-refractivity contribution in [2.45, 2.75) is 12.1 Å². The SMILES string of the molecule is COc1cc(Cl)c(C)cc1NC(=O)CSc1nc2cc(Cl)ccc2o1. The molecule has 0 bridgehead atoms. The number of carbonyl (C=O) groups excluding carboxylic acids is 1. The average molecular weight is 397 g/mol. The highest BCUT2D eigenvalue weighted by Gasteiger charge is 2.13. The van der Waals surface area contributed by atoms with Gasteiger partial charge in [0.15, 0.2) is 5.58 Å². The Bertz CT molecular complexity index is 943. The fourth-order valence-electron chi connectivity index (χ4n) is 2.18. The summed E-state index contributed by atoms with van der Waals surface area (Å²) >= 11 is 13.2. The summed E-state index contributed by atoms with van der Waals surface area (Å²) in [5.41, 5.74) is 2.70. The smallest absolute Gasteiger partial charge is 0.257 e. The quantitative estimate of drug-likeness (QED) is 0.601. The number of amides is 1. The Kier molecular flexibility index (Phi) is 5.42. The van der Waals surface area contributed by atoms with Crippen molar-refractivity contribution in [1.82, 2.24) is 4.98 Å². The first-order valence-corrected chi connectivity index (χ1v) is 9.03. The molecule has 0 atom stereocenters. The van der Waals surface area contributed by atoms with E-state index in [1.54, 1.807) is 30.3 Å². The van der Waals surface area contributed by atoms with Gasteiger partial charge in [0.1, 0.15) is 11.3 Å². The summed E-state index contributed by atoms with van der Waals surface area (Å²) in [6.07, 6.45) is 0. The summed E-state index contributed by atoms with van der Waals surface area (Å²) in [4.78, 5) is 16.5. The van der Waals surface area contributed by atoms with E-state index in [-0.39, 0.29) is 11.7 Å². The molecule has 0 aliphatic carbocycles. The number of hydrogen-bond donors (Lipinski definition) is 1. The lowest BCUT2D eigenvalue weighted by molar-refractivity contribution is -0.113. The number of aromatic nitrogens is 1. The third-order valence-electron chi connectivity index (χ3n) is 3.41. The molecule has 2 aromatic carbocycles. The van der Waals surface area contributed by atoms with E-state index in [2.05, 4.69) is 10.3 Å². The summed E-state index contributed by atoms with van der Waals surface area (Å²) in [6, 6.07) is 8.63. The van der Waals surface area contributed by atoms with Crippen molar-refractivity contribution in [3.05, 3.63) is 45.9 Å². The van der Waals surface area contributed by atoms with E-state index in [0.29, 0.717) is 37.8 Å². The van der Waals surface area contributed by atoms with Gasteiger partial charge in [-0.1, -0.05) is 35.0 Å². The summed E-state index contributed by atoms with van der Waals surface area (Å²) in [6.45, 7) is 1.86. The molecule has 5 nitrogen and oxygen atoms in total. The van der Waals surface area contributed by atoms with E-state index in [0.717, 1.165) is 5.56 Å². The van der Waals surface area contributed by atoms with Gasteiger partial charge in [0.05, 0.1) is 18.6 Å². The van der Waals surface area contributed by atoms with Crippen molar-refractivity contribution in [3.63, 3.8) is 0 Å². The number of oxazole rings is 1. The van der Waals surface area contributed by atoms with Crippen molar-refractivity contribution in [1.29, 1.82) is 0 Å². The third kappa shape index (κ3) is 4.21. The molecule has 0 unspecified atom stereocenters. The Morgan fingerprint density at radius 2 is 2.12 bits per heavy atom. The van der Waals surface area contributed by atoms with Gasteiger partial charge >= 0.3 is 0 Å². The Morgan fingerprint density at radius 1 is 1.32 bits per heavy atom. The summed E-state index contributed by atoms with van der Waals surface area (Å²) < 4.78 is 10.8. The number of nitrogens with one attached hydrogen (secondary N) is 1. The minimum Gasteiger partial charge on any atom is -0.495 e. The maximum absolute atomic E-state index is 12.2. The molecule has 0 spiro atoms. The van der Waals surface area contributed by atoms with Crippen molar-refractivity contribution in [2.24, 2.45) is 0 Å². The molecule has 3 aromatic rings. The largest absolute Gasteiger partial charge is 0.495 e. The molecular weight excluding hydrogens is 383 g/mol. The van der Waals surface area contributed by atoms with Gasteiger partial charge in [0, 0.05) is 16.1 Å². The summed E-state index contributed by atoms with van der Waals surface area (Å²) in [5.74, 6) is 0.446. The van der Waals surface area contributed by atoms with Gasteiger partial charge in [-0.15, -0.1) is 0 Å². The Morgan fingerprint density at radius 3 is 2.88 bits per heavy atom. The van der Waals surface area contributed by atoms with Crippen LogP contribution in [0.15, 0.2) is 40.0 Å². The van der Waals surface area contributed by atoms with E-state index in [1.165, 1.54) is 18.9 Å². The number of ether oxygens (including phenoxy) is 1. The Hall–Kier alpha value is -1.89. The number of hydrogen-bond acceptors (Lipinski definition) is 5. The van der Waals surface area contributed by atoms with Gasteiger partial charge in [0.2, 0.25) is 5.91 Å². The van der Waals surface area contributed by atoms with Gasteiger partial charge < -0.3 is 14.5 Å². The van der Waals surface area contributed by atoms with E-state index in [9.17, 15) is 4.79 Å². The maximum atomic E-state index is 12.2. The van der Waals surface area contributed by atoms with Gasteiger partial charge in [-0.3, -0.25) is 4.79 Å². The summed E-state index contributed by atoms with van der Waals surface area (Å²) in [7, 11) is 1.52. The number of rotatable bonds is 5. The molecular formula is C17H14Cl2N2O3S. The van der Waals surface area contributed by atoms with E-state index in [1.807, 2.05) is 6.92 Å². The van der Waals surface area contributed by atoms with E-state index in [4.69, 9.17) is 32.4 Å². The number of carbonyl (C=O) groups is 1. The molecule has 0 saturated heterocycles. The van der Waals surface area contributed by atoms with Gasteiger partial charge in [-0.25, -0.2) is 4.98 Å². The third-order valence-corrected chi connectivity index (χ3v) is 4.88. The zero-order valence-electron chi connectivity index (χ0n) is 13.4. The fraction of sp³-hybridized carbons (Fsp3) is 0.176. The molecule has 0 fully saturated rings. The molecule has 0 saturated carbocycles. The number of anilines is 1. The van der Waals surface area contributed by atoms with Crippen LogP contribution in [-0.2, 0) is 4.79 Å². The molecule has 130 valence electrons. The van der Waals surface area contributed by atoms with Crippen LogP contribution in [0, 0.1) is 6.92 Å². The van der Waals surface area contributed by atoms with E-state index < -0.39 is 0 Å². The van der Waals surface area contributed by atoms with Gasteiger partial charge in [-0.05, 0) is 36.8 Å². The first-order valence-electron chi connectivity index (χ1n) is 7.29. The normalized spacial score (nSPS) is 10.9. The highest BCUT2D eigenvalue weighted by atomic mass is 35.5. The molecule has 0 radical (unpaired) electrons. The van der Waals surface area contributed by atoms with Crippen LogP contribution in [-0.4, -0.2) is 23.8 Å². The molecule has 1 heterocycles. The number of nitrogens with zero attached hydrogens (tertiary/aromatic N) is 1. The molecule has 0 aliphatic heterocycles. The van der Waals surface area contributed by atoms with Crippen LogP contribution in [0.5, 0.6) is 5.75 Å². The molecule has 1 aromatic heterocycles. The summed E-state index contributed by atoms with van der Waals surface area (Å²) in [5, 5.41) is 4.38. The molecule has 1 amide bonds. The topological polar surface area (TPSA) is 64.4 Å². The van der Waals surface area contributed by atoms with Crippen LogP contribution < -0.4 is 10.1 Å². The van der Waals surface area contributed by atoms with Crippen LogP contribution in [0.3, 0.4) is 0 Å². The zero-order valence-corrected chi connectivity index (χ0v) is 15.8. The van der Waals surface area contributed by atoms with Crippen LogP contribution in [0.2, 0.25) is 10.0 Å². The Balaban J connectivity index is 1.67. The Labute approximate surface area is 158 Å². The molecule has 0 aliphatic rings. The predicted octanol–water partition coefficient (Wildman–Crippen LogP) is 5.18. The number of aryl methyl sites for hydroxylation is 1. The van der Waals surface area contributed by atoms with Gasteiger partial charge in [-0.2, -0.15) is 0 Å². The van der Waals surface area contributed by atoms with Crippen LogP contribution >= 0.6 is 35.0 Å². The highest BCUT2D eigenvalue weighted by molar-refractivity contribution is 7.99. The first-order chi connectivity index (χ1) is 12.0. The lowest BCUT2D eigenvalue weighted by Crippen LogP contribution is -2.14. The lowest BCUT2D eigenvalue weighted by atomic mass is 10.2.